The van der Waals surface area contributed by atoms with Gasteiger partial charge in [-0.2, -0.15) is 15.0 Å². The van der Waals surface area contributed by atoms with Crippen molar-refractivity contribution in [1.82, 2.24) is 35.3 Å². The number of imide groups is 1. The molecule has 1 saturated heterocycles. The fourth-order valence-corrected chi connectivity index (χ4v) is 6.88. The molecule has 66 heavy (non-hydrogen) atoms. The Morgan fingerprint density at radius 3 is 2.33 bits per heavy atom. The number of anilines is 2. The molecule has 1 aliphatic carbocycles. The van der Waals surface area contributed by atoms with Gasteiger partial charge in [-0.25, -0.2) is 14.4 Å². The van der Waals surface area contributed by atoms with Gasteiger partial charge < -0.3 is 44.5 Å². The molecule has 1 saturated carbocycles. The summed E-state index contributed by atoms with van der Waals surface area (Å²) in [4.78, 5) is 72.4. The zero-order valence-electron chi connectivity index (χ0n) is 37.2. The van der Waals surface area contributed by atoms with Gasteiger partial charge >= 0.3 is 0 Å². The molecule has 2 aliphatic rings. The Morgan fingerprint density at radius 2 is 1.67 bits per heavy atom. The lowest BCUT2D eigenvalue weighted by atomic mass is 10.0. The van der Waals surface area contributed by atoms with Gasteiger partial charge in [0.25, 0.3) is 11.8 Å². The molecule has 2 unspecified atom stereocenters. The number of nitrogens with one attached hydrogen (secondary N) is 4. The van der Waals surface area contributed by atoms with Crippen LogP contribution in [-0.2, 0) is 33.3 Å². The van der Waals surface area contributed by atoms with Gasteiger partial charge in [-0.3, -0.25) is 29.3 Å². The van der Waals surface area contributed by atoms with E-state index in [1.807, 2.05) is 0 Å². The quantitative estimate of drug-likeness (QED) is 0.0381. The maximum Gasteiger partial charge on any atom is 0.257 e. The summed E-state index contributed by atoms with van der Waals surface area (Å²) in [7, 11) is 1.47. The second kappa shape index (κ2) is 23.7. The van der Waals surface area contributed by atoms with E-state index in [0.29, 0.717) is 86.3 Å². The number of hydrogen-bond donors (Lipinski definition) is 4. The summed E-state index contributed by atoms with van der Waals surface area (Å²) >= 11 is 0. The summed E-state index contributed by atoms with van der Waals surface area (Å²) in [6.07, 6.45) is 5.76. The Labute approximate surface area is 380 Å². The third kappa shape index (κ3) is 13.3. The second-order valence-electron chi connectivity index (χ2n) is 16.1. The minimum Gasteiger partial charge on any atom is -0.382 e. The van der Waals surface area contributed by atoms with E-state index in [9.17, 15) is 29.2 Å². The molecule has 352 valence electrons. The Balaban J connectivity index is 0.800. The first-order chi connectivity index (χ1) is 31.9. The van der Waals surface area contributed by atoms with Gasteiger partial charge in [0, 0.05) is 61.2 Å². The zero-order chi connectivity index (χ0) is 47.1. The molecule has 0 bridgehead atoms. The highest BCUT2D eigenvalue weighted by Crippen LogP contribution is 2.29. The van der Waals surface area contributed by atoms with Crippen molar-refractivity contribution in [3.63, 3.8) is 0 Å². The average Bonchev–Trinajstić information content (AvgIpc) is 4.04. The Kier molecular flexibility index (Phi) is 17.6. The monoisotopic (exact) mass is 914 g/mol. The van der Waals surface area contributed by atoms with Crippen molar-refractivity contribution in [2.75, 3.05) is 90.2 Å². The van der Waals surface area contributed by atoms with Crippen molar-refractivity contribution >= 4 is 52.3 Å². The predicted octanol–water partition coefficient (Wildman–Crippen LogP) is 2.99. The minimum atomic E-state index is -1.53. The summed E-state index contributed by atoms with van der Waals surface area (Å²) in [5.74, 6) is -1.53. The number of alkyl halides is 1. The molecular weight excluding hydrogens is 860 g/mol. The lowest BCUT2D eigenvalue weighted by molar-refractivity contribution is -0.136. The van der Waals surface area contributed by atoms with Crippen LogP contribution in [0.1, 0.15) is 76.2 Å². The number of fused-ring (bicyclic) bond motifs is 1. The molecule has 4 aromatic rings. The minimum absolute atomic E-state index is 0.116. The number of halogens is 1. The summed E-state index contributed by atoms with van der Waals surface area (Å²) in [6, 6.07) is 9.66. The highest BCUT2D eigenvalue weighted by atomic mass is 19.1. The van der Waals surface area contributed by atoms with Gasteiger partial charge in [0.15, 0.2) is 17.8 Å². The van der Waals surface area contributed by atoms with Crippen LogP contribution in [0.3, 0.4) is 0 Å². The molecule has 20 nitrogen and oxygen atoms in total. The summed E-state index contributed by atoms with van der Waals surface area (Å²) in [5.41, 5.74) is 1.22. The fraction of sp³-hybridized carbons (Fsp3) is 0.489. The Hall–Kier alpha value is -6.44. The molecule has 21 heteroatoms. The summed E-state index contributed by atoms with van der Waals surface area (Å²) in [6.45, 7) is 5.80. The molecule has 2 fully saturated rings. The van der Waals surface area contributed by atoms with Crippen LogP contribution in [-0.4, -0.2) is 158 Å². The lowest BCUT2D eigenvalue weighted by Gasteiger charge is -2.30. The molecule has 6 rings (SSSR count). The maximum absolute atomic E-state index is 15.4. The molecule has 0 spiro atoms. The van der Waals surface area contributed by atoms with E-state index in [1.54, 1.807) is 44.3 Å². The van der Waals surface area contributed by atoms with Gasteiger partial charge in [0.05, 0.1) is 100 Å². The first kappa shape index (κ1) is 49.0. The molecule has 4 N–H and O–H groups in total. The van der Waals surface area contributed by atoms with Gasteiger partial charge in [-0.1, -0.05) is 12.1 Å². The molecular formula is C45H55FN10O10. The predicted molar refractivity (Wildman–Crippen MR) is 237 cm³/mol. The number of aldehydes is 1. The number of carbonyl (C=O) groups is 5. The molecule has 0 radical (unpaired) electrons. The number of aromatic nitrogens is 4. The number of pyridine rings is 2. The number of ether oxygens (including phenoxy) is 5. The number of benzene rings is 1. The number of rotatable bonds is 27. The van der Waals surface area contributed by atoms with Gasteiger partial charge in [-0.15, -0.1) is 0 Å². The number of carbonyl (C=O) groups excluding carboxylic acids is 5. The first-order valence-corrected chi connectivity index (χ1v) is 21.7. The third-order valence-corrected chi connectivity index (χ3v) is 10.8. The first-order valence-electron chi connectivity index (χ1n) is 21.7. The molecule has 4 amide bonds. The molecule has 1 aliphatic heterocycles. The van der Waals surface area contributed by atoms with Crippen LogP contribution in [0.4, 0.5) is 15.8 Å². The lowest BCUT2D eigenvalue weighted by Crippen LogP contribution is -2.53. The van der Waals surface area contributed by atoms with Crippen molar-refractivity contribution in [2.24, 2.45) is 0 Å². The summed E-state index contributed by atoms with van der Waals surface area (Å²) in [5, 5.41) is 25.6. The van der Waals surface area contributed by atoms with Crippen molar-refractivity contribution in [1.29, 1.82) is 5.26 Å². The van der Waals surface area contributed by atoms with Crippen LogP contribution in [0.15, 0.2) is 48.9 Å². The van der Waals surface area contributed by atoms with Crippen LogP contribution in [0.5, 0.6) is 0 Å². The Bertz CT molecular complexity index is 2390. The number of nitrogens with zero attached hydrogens (tertiary/aromatic N) is 6. The number of piperidine rings is 1. The van der Waals surface area contributed by atoms with Crippen LogP contribution in [0.2, 0.25) is 0 Å². The number of hydrogen-bond acceptors (Lipinski definition) is 16. The molecule has 4 heterocycles. The third-order valence-electron chi connectivity index (χ3n) is 10.8. The second-order valence-corrected chi connectivity index (χ2v) is 16.1. The van der Waals surface area contributed by atoms with Crippen LogP contribution < -0.4 is 21.3 Å². The van der Waals surface area contributed by atoms with Crippen molar-refractivity contribution in [3.05, 3.63) is 71.2 Å². The standard InChI is InChI=1S/C45H55FN10O10/c1-45(2,37(46)27-51-42(59)33-26-49-38(22-35(33)53-32-7-8-32)56-41-31(25-52-56)21-29(23-47)24-50-41)66-20-19-65-18-17-64-16-15-63-14-13-62-12-11-48-34-6-4-5-30(28-57)40(34)44(61)55(3)36-9-10-39(58)54-43(36)60/h4-6,21-22,24-26,28,32,36-37,48H,7-20,27H2,1-3H3,(H,49,53)(H,51,59)(H,54,58,60). The highest BCUT2D eigenvalue weighted by Gasteiger charge is 2.35. The molecule has 3 aromatic heterocycles. The van der Waals surface area contributed by atoms with Crippen LogP contribution in [0, 0.1) is 11.3 Å². The van der Waals surface area contributed by atoms with Crippen molar-refractivity contribution < 1.29 is 52.0 Å². The number of likely N-dealkylation sites (N-methyl/N-ethyl adjacent to an activating group) is 1. The number of nitriles is 1. The van der Waals surface area contributed by atoms with E-state index in [-0.39, 0.29) is 67.8 Å². The molecule has 1 aromatic carbocycles. The van der Waals surface area contributed by atoms with Gasteiger partial charge in [-0.05, 0) is 45.2 Å². The zero-order valence-corrected chi connectivity index (χ0v) is 37.2. The van der Waals surface area contributed by atoms with E-state index >= 15 is 4.39 Å². The van der Waals surface area contributed by atoms with Crippen molar-refractivity contribution in [2.45, 2.75) is 63.4 Å². The Morgan fingerprint density at radius 1 is 0.970 bits per heavy atom. The van der Waals surface area contributed by atoms with E-state index in [1.165, 1.54) is 35.1 Å². The normalized spacial score (nSPS) is 15.5. The van der Waals surface area contributed by atoms with Crippen LogP contribution >= 0.6 is 0 Å². The van der Waals surface area contributed by atoms with Crippen molar-refractivity contribution in [3.8, 4) is 11.9 Å². The van der Waals surface area contributed by atoms with E-state index in [0.717, 1.165) is 12.8 Å². The maximum atomic E-state index is 15.4. The van der Waals surface area contributed by atoms with E-state index in [4.69, 9.17) is 23.7 Å². The highest BCUT2D eigenvalue weighted by molar-refractivity contribution is 6.09. The topological polar surface area (TPSA) is 250 Å². The van der Waals surface area contributed by atoms with Crippen LogP contribution in [0.25, 0.3) is 16.9 Å². The van der Waals surface area contributed by atoms with E-state index < -0.39 is 35.5 Å². The number of amides is 4. The summed E-state index contributed by atoms with van der Waals surface area (Å²) < 4.78 is 45.0. The average molecular weight is 915 g/mol. The largest absolute Gasteiger partial charge is 0.382 e. The smallest absolute Gasteiger partial charge is 0.257 e. The fourth-order valence-electron chi connectivity index (χ4n) is 6.88. The van der Waals surface area contributed by atoms with E-state index in [2.05, 4.69) is 42.4 Å². The SMILES string of the molecule is CN(C(=O)c1c(C=O)cccc1NCCOCCOCCOCCOCCOC(C)(C)C(F)CNC(=O)c1cnc(-n2ncc3cc(C#N)cnc32)cc1NC1CC1)C1CCC(=O)NC1=O. The molecule has 2 atom stereocenters. The van der Waals surface area contributed by atoms with Gasteiger partial charge in [0.1, 0.15) is 18.3 Å². The van der Waals surface area contributed by atoms with Gasteiger partial charge in [0.2, 0.25) is 11.8 Å².